The van der Waals surface area contributed by atoms with Gasteiger partial charge in [-0.05, 0) is 37.5 Å². The molecule has 2 aromatic rings. The highest BCUT2D eigenvalue weighted by atomic mass is 16.5. The van der Waals surface area contributed by atoms with Gasteiger partial charge in [-0.1, -0.05) is 43.5 Å². The van der Waals surface area contributed by atoms with Gasteiger partial charge in [-0.3, -0.25) is 0 Å². The van der Waals surface area contributed by atoms with Crippen LogP contribution in [0.3, 0.4) is 0 Å². The molecule has 0 aliphatic carbocycles. The van der Waals surface area contributed by atoms with Crippen molar-refractivity contribution in [3.05, 3.63) is 40.7 Å². The molecule has 0 saturated carbocycles. The molecule has 0 aliphatic heterocycles. The molecule has 2 rings (SSSR count). The highest BCUT2D eigenvalue weighted by molar-refractivity contribution is 5.36. The Bertz CT molecular complexity index is 621. The Labute approximate surface area is 138 Å². The molecule has 0 bridgehead atoms. The summed E-state index contributed by atoms with van der Waals surface area (Å²) in [6.45, 7) is 8.05. The van der Waals surface area contributed by atoms with Crippen LogP contribution in [0.4, 0.5) is 0 Å². The highest BCUT2D eigenvalue weighted by Crippen LogP contribution is 2.21. The van der Waals surface area contributed by atoms with Crippen molar-refractivity contribution in [3.63, 3.8) is 0 Å². The number of aryl methyl sites for hydroxylation is 3. The van der Waals surface area contributed by atoms with Gasteiger partial charge >= 0.3 is 0 Å². The van der Waals surface area contributed by atoms with Gasteiger partial charge in [-0.25, -0.2) is 4.68 Å². The van der Waals surface area contributed by atoms with Crippen LogP contribution in [-0.2, 0) is 19.7 Å². The van der Waals surface area contributed by atoms with E-state index in [0.29, 0.717) is 13.2 Å². The molecule has 1 aromatic heterocycles. The van der Waals surface area contributed by atoms with Crippen molar-refractivity contribution in [3.8, 4) is 5.75 Å². The number of unbranched alkanes of at least 4 members (excludes halogenated alkanes) is 3. The normalized spacial score (nSPS) is 11.0. The molecule has 2 N–H and O–H groups in total. The van der Waals surface area contributed by atoms with E-state index in [0.717, 1.165) is 35.7 Å². The fourth-order valence-electron chi connectivity index (χ4n) is 2.56. The second-order valence-corrected chi connectivity index (χ2v) is 6.03. The second-order valence-electron chi connectivity index (χ2n) is 6.03. The third-order valence-corrected chi connectivity index (χ3v) is 4.04. The molecule has 0 saturated heterocycles. The Morgan fingerprint density at radius 3 is 2.74 bits per heavy atom. The molecule has 0 aliphatic rings. The molecule has 0 radical (unpaired) electrons. The Balaban J connectivity index is 2.05. The Morgan fingerprint density at radius 1 is 1.17 bits per heavy atom. The van der Waals surface area contributed by atoms with Crippen LogP contribution in [0.15, 0.2) is 18.2 Å². The van der Waals surface area contributed by atoms with E-state index in [4.69, 9.17) is 10.5 Å². The van der Waals surface area contributed by atoms with Crippen LogP contribution in [0.5, 0.6) is 5.75 Å². The number of benzene rings is 1. The van der Waals surface area contributed by atoms with Gasteiger partial charge in [0.25, 0.3) is 0 Å². The maximum Gasteiger partial charge on any atom is 0.132 e. The van der Waals surface area contributed by atoms with Crippen LogP contribution in [0.1, 0.15) is 55.1 Å². The highest BCUT2D eigenvalue weighted by Gasteiger charge is 2.13. The van der Waals surface area contributed by atoms with Gasteiger partial charge in [-0.15, -0.1) is 5.10 Å². The van der Waals surface area contributed by atoms with Gasteiger partial charge in [0.2, 0.25) is 0 Å². The zero-order chi connectivity index (χ0) is 16.7. The number of hydrogen-bond donors (Lipinski definition) is 1. The van der Waals surface area contributed by atoms with Gasteiger partial charge in [0, 0.05) is 13.1 Å². The van der Waals surface area contributed by atoms with Crippen molar-refractivity contribution in [2.24, 2.45) is 5.73 Å². The van der Waals surface area contributed by atoms with Crippen LogP contribution < -0.4 is 10.5 Å². The standard InChI is InChI=1S/C18H28N4O/c1-4-5-6-7-10-22-17(16(12-19)20-21-22)13-23-18-11-14(2)8-9-15(18)3/h8-9,11H,4-7,10,12-13,19H2,1-3H3. The third kappa shape index (κ3) is 4.79. The van der Waals surface area contributed by atoms with Crippen molar-refractivity contribution in [1.29, 1.82) is 0 Å². The van der Waals surface area contributed by atoms with E-state index in [1.165, 1.54) is 24.8 Å². The lowest BCUT2D eigenvalue weighted by Crippen LogP contribution is -2.11. The van der Waals surface area contributed by atoms with Gasteiger partial charge in [-0.2, -0.15) is 0 Å². The van der Waals surface area contributed by atoms with E-state index in [1.54, 1.807) is 0 Å². The summed E-state index contributed by atoms with van der Waals surface area (Å²) in [5, 5.41) is 8.44. The van der Waals surface area contributed by atoms with Crippen LogP contribution >= 0.6 is 0 Å². The van der Waals surface area contributed by atoms with Crippen molar-refractivity contribution in [2.75, 3.05) is 0 Å². The fourth-order valence-corrected chi connectivity index (χ4v) is 2.56. The molecule has 0 unspecified atom stereocenters. The lowest BCUT2D eigenvalue weighted by molar-refractivity contribution is 0.287. The summed E-state index contributed by atoms with van der Waals surface area (Å²) in [6.07, 6.45) is 4.81. The third-order valence-electron chi connectivity index (χ3n) is 4.04. The smallest absolute Gasteiger partial charge is 0.132 e. The van der Waals surface area contributed by atoms with Crippen LogP contribution in [0, 0.1) is 13.8 Å². The molecule has 5 heteroatoms. The Kier molecular flexibility index (Phi) is 6.59. The van der Waals surface area contributed by atoms with E-state index in [1.807, 2.05) is 4.68 Å². The van der Waals surface area contributed by atoms with E-state index < -0.39 is 0 Å². The Morgan fingerprint density at radius 2 is 2.00 bits per heavy atom. The van der Waals surface area contributed by atoms with Crippen LogP contribution in [0.25, 0.3) is 0 Å². The molecular formula is C18H28N4O. The molecule has 23 heavy (non-hydrogen) atoms. The maximum absolute atomic E-state index is 6.02. The Hall–Kier alpha value is -1.88. The molecule has 5 nitrogen and oxygen atoms in total. The minimum atomic E-state index is 0.389. The second kappa shape index (κ2) is 8.67. The molecule has 0 fully saturated rings. The molecular weight excluding hydrogens is 288 g/mol. The first-order valence-corrected chi connectivity index (χ1v) is 8.47. The number of aromatic nitrogens is 3. The summed E-state index contributed by atoms with van der Waals surface area (Å²) >= 11 is 0. The largest absolute Gasteiger partial charge is 0.487 e. The van der Waals surface area contributed by atoms with Gasteiger partial charge < -0.3 is 10.5 Å². The van der Waals surface area contributed by atoms with Gasteiger partial charge in [0.1, 0.15) is 23.7 Å². The predicted octanol–water partition coefficient (Wildman–Crippen LogP) is 3.51. The van der Waals surface area contributed by atoms with Crippen LogP contribution in [0.2, 0.25) is 0 Å². The van der Waals surface area contributed by atoms with Crippen molar-refractivity contribution < 1.29 is 4.74 Å². The number of ether oxygens (including phenoxy) is 1. The van der Waals surface area contributed by atoms with E-state index in [-0.39, 0.29) is 0 Å². The summed E-state index contributed by atoms with van der Waals surface area (Å²) in [5.74, 6) is 0.909. The number of rotatable bonds is 9. The summed E-state index contributed by atoms with van der Waals surface area (Å²) < 4.78 is 7.96. The molecule has 0 spiro atoms. The van der Waals surface area contributed by atoms with E-state index >= 15 is 0 Å². The minimum Gasteiger partial charge on any atom is -0.487 e. The zero-order valence-corrected chi connectivity index (χ0v) is 14.5. The predicted molar refractivity (Wildman–Crippen MR) is 92.3 cm³/mol. The van der Waals surface area contributed by atoms with E-state index in [2.05, 4.69) is 49.3 Å². The maximum atomic E-state index is 6.02. The molecule has 0 atom stereocenters. The molecule has 126 valence electrons. The van der Waals surface area contributed by atoms with Gasteiger partial charge in [0.05, 0.1) is 0 Å². The summed E-state index contributed by atoms with van der Waals surface area (Å²) in [7, 11) is 0. The zero-order valence-electron chi connectivity index (χ0n) is 14.5. The number of hydrogen-bond acceptors (Lipinski definition) is 4. The molecule has 1 heterocycles. The average Bonchev–Trinajstić information content (AvgIpc) is 2.94. The number of nitrogens with zero attached hydrogens (tertiary/aromatic N) is 3. The minimum absolute atomic E-state index is 0.389. The first-order chi connectivity index (χ1) is 11.2. The van der Waals surface area contributed by atoms with E-state index in [9.17, 15) is 0 Å². The summed E-state index contributed by atoms with van der Waals surface area (Å²) in [6, 6.07) is 6.23. The monoisotopic (exact) mass is 316 g/mol. The van der Waals surface area contributed by atoms with Gasteiger partial charge in [0.15, 0.2) is 0 Å². The average molecular weight is 316 g/mol. The SMILES string of the molecule is CCCCCCn1nnc(CN)c1COc1cc(C)ccc1C. The van der Waals surface area contributed by atoms with Crippen molar-refractivity contribution in [2.45, 2.75) is 66.2 Å². The first-order valence-electron chi connectivity index (χ1n) is 8.47. The summed E-state index contributed by atoms with van der Waals surface area (Å²) in [5.41, 5.74) is 9.93. The first kappa shape index (κ1) is 17.5. The van der Waals surface area contributed by atoms with Crippen LogP contribution in [-0.4, -0.2) is 15.0 Å². The fraction of sp³-hybridized carbons (Fsp3) is 0.556. The topological polar surface area (TPSA) is 66.0 Å². The van der Waals surface area contributed by atoms with Crippen molar-refractivity contribution >= 4 is 0 Å². The quantitative estimate of drug-likeness (QED) is 0.719. The number of nitrogens with two attached hydrogens (primary N) is 1. The molecule has 0 amide bonds. The lowest BCUT2D eigenvalue weighted by Gasteiger charge is -2.12. The summed E-state index contributed by atoms with van der Waals surface area (Å²) in [4.78, 5) is 0. The lowest BCUT2D eigenvalue weighted by atomic mass is 10.1. The molecule has 1 aromatic carbocycles. The van der Waals surface area contributed by atoms with Crippen molar-refractivity contribution in [1.82, 2.24) is 15.0 Å².